The van der Waals surface area contributed by atoms with Gasteiger partial charge in [-0.3, -0.25) is 4.90 Å². The van der Waals surface area contributed by atoms with Crippen LogP contribution in [-0.4, -0.2) is 61.7 Å². The van der Waals surface area contributed by atoms with Crippen molar-refractivity contribution in [3.8, 4) is 0 Å². The Balaban J connectivity index is 1.77. The number of hydrogen-bond acceptors (Lipinski definition) is 3. The minimum atomic E-state index is 0.832. The van der Waals surface area contributed by atoms with Gasteiger partial charge in [0.1, 0.15) is 0 Å². The number of nitrogens with one attached hydrogen (secondary N) is 1. The summed E-state index contributed by atoms with van der Waals surface area (Å²) < 4.78 is 0. The second-order valence-electron chi connectivity index (χ2n) is 4.12. The first kappa shape index (κ1) is 9.44. The highest BCUT2D eigenvalue weighted by Crippen LogP contribution is 2.11. The zero-order valence-corrected chi connectivity index (χ0v) is 8.63. The van der Waals surface area contributed by atoms with Gasteiger partial charge in [0.2, 0.25) is 0 Å². The molecule has 2 aliphatic heterocycles. The van der Waals surface area contributed by atoms with Gasteiger partial charge < -0.3 is 10.2 Å². The molecule has 2 rings (SSSR count). The lowest BCUT2D eigenvalue weighted by atomic mass is 10.2. The van der Waals surface area contributed by atoms with Crippen LogP contribution in [0.4, 0.5) is 0 Å². The van der Waals surface area contributed by atoms with E-state index in [1.54, 1.807) is 0 Å². The van der Waals surface area contributed by atoms with Crippen LogP contribution in [0.3, 0.4) is 0 Å². The maximum Gasteiger partial charge on any atom is 0.0233 e. The largest absolute Gasteiger partial charge is 0.315 e. The summed E-state index contributed by atoms with van der Waals surface area (Å²) in [6.45, 7) is 11.0. The molecule has 0 aromatic heterocycles. The first-order valence-corrected chi connectivity index (χ1v) is 5.57. The maximum atomic E-state index is 3.44. The first-order valence-electron chi connectivity index (χ1n) is 5.57. The van der Waals surface area contributed by atoms with Crippen molar-refractivity contribution in [1.29, 1.82) is 0 Å². The van der Waals surface area contributed by atoms with Crippen molar-refractivity contribution in [2.24, 2.45) is 0 Å². The number of rotatable bonds is 2. The Labute approximate surface area is 81.1 Å². The van der Waals surface area contributed by atoms with Gasteiger partial charge in [-0.15, -0.1) is 0 Å². The predicted octanol–water partition coefficient (Wildman–Crippen LogP) is -0.0142. The van der Waals surface area contributed by atoms with Gasteiger partial charge >= 0.3 is 0 Å². The van der Waals surface area contributed by atoms with E-state index in [2.05, 4.69) is 22.0 Å². The lowest BCUT2D eigenvalue weighted by Crippen LogP contribution is -2.50. The van der Waals surface area contributed by atoms with Crippen molar-refractivity contribution in [2.45, 2.75) is 19.4 Å². The highest BCUT2D eigenvalue weighted by molar-refractivity contribution is 4.83. The van der Waals surface area contributed by atoms with Gasteiger partial charge in [0, 0.05) is 38.8 Å². The van der Waals surface area contributed by atoms with Crippen LogP contribution in [0.25, 0.3) is 0 Å². The van der Waals surface area contributed by atoms with E-state index >= 15 is 0 Å². The van der Waals surface area contributed by atoms with Crippen molar-refractivity contribution < 1.29 is 0 Å². The van der Waals surface area contributed by atoms with Gasteiger partial charge in [-0.2, -0.15) is 0 Å². The average molecular weight is 183 g/mol. The molecule has 0 amide bonds. The number of nitrogens with zero attached hydrogens (tertiary/aromatic N) is 2. The second-order valence-corrected chi connectivity index (χ2v) is 4.12. The fourth-order valence-electron chi connectivity index (χ4n) is 2.40. The van der Waals surface area contributed by atoms with E-state index in [-0.39, 0.29) is 0 Å². The zero-order valence-electron chi connectivity index (χ0n) is 8.63. The summed E-state index contributed by atoms with van der Waals surface area (Å²) in [5.41, 5.74) is 0. The molecule has 0 aromatic carbocycles. The Kier molecular flexibility index (Phi) is 3.19. The fraction of sp³-hybridized carbons (Fsp3) is 1.00. The molecule has 13 heavy (non-hydrogen) atoms. The lowest BCUT2D eigenvalue weighted by Gasteiger charge is -2.37. The first-order chi connectivity index (χ1) is 6.40. The molecule has 0 bridgehead atoms. The molecular weight excluding hydrogens is 162 g/mol. The molecule has 3 heteroatoms. The minimum Gasteiger partial charge on any atom is -0.315 e. The number of likely N-dealkylation sites (N-methyl/N-ethyl adjacent to an activating group) is 1. The predicted molar refractivity (Wildman–Crippen MR) is 55.0 cm³/mol. The van der Waals surface area contributed by atoms with E-state index in [4.69, 9.17) is 0 Å². The SMILES string of the molecule is CCN1CCN(C2CCNC2)CC1. The molecule has 0 aromatic rings. The van der Waals surface area contributed by atoms with Crippen LogP contribution < -0.4 is 5.32 Å². The van der Waals surface area contributed by atoms with Crippen LogP contribution in [0.2, 0.25) is 0 Å². The Bertz CT molecular complexity index is 146. The van der Waals surface area contributed by atoms with E-state index in [1.165, 1.54) is 52.2 Å². The fourth-order valence-corrected chi connectivity index (χ4v) is 2.40. The van der Waals surface area contributed by atoms with Crippen molar-refractivity contribution in [2.75, 3.05) is 45.8 Å². The van der Waals surface area contributed by atoms with Gasteiger partial charge in [0.25, 0.3) is 0 Å². The number of piperazine rings is 1. The molecule has 1 N–H and O–H groups in total. The second kappa shape index (κ2) is 4.40. The molecule has 2 saturated heterocycles. The Hall–Kier alpha value is -0.120. The van der Waals surface area contributed by atoms with Crippen molar-refractivity contribution in [3.63, 3.8) is 0 Å². The van der Waals surface area contributed by atoms with Crippen LogP contribution in [0, 0.1) is 0 Å². The van der Waals surface area contributed by atoms with Crippen molar-refractivity contribution >= 4 is 0 Å². The molecule has 2 fully saturated rings. The van der Waals surface area contributed by atoms with Gasteiger partial charge in [-0.05, 0) is 19.5 Å². The summed E-state index contributed by atoms with van der Waals surface area (Å²) in [6.07, 6.45) is 1.35. The summed E-state index contributed by atoms with van der Waals surface area (Å²) in [6, 6.07) is 0.832. The third-order valence-electron chi connectivity index (χ3n) is 3.40. The summed E-state index contributed by atoms with van der Waals surface area (Å²) in [5, 5.41) is 3.44. The molecule has 2 heterocycles. The molecule has 0 spiro atoms. The van der Waals surface area contributed by atoms with Crippen LogP contribution in [0.1, 0.15) is 13.3 Å². The standard InChI is InChI=1S/C10H21N3/c1-2-12-5-7-13(8-6-12)10-3-4-11-9-10/h10-11H,2-9H2,1H3. The third-order valence-corrected chi connectivity index (χ3v) is 3.40. The minimum absolute atomic E-state index is 0.832. The maximum absolute atomic E-state index is 3.44. The average Bonchev–Trinajstić information content (AvgIpc) is 2.71. The molecule has 2 aliphatic rings. The molecule has 76 valence electrons. The van der Waals surface area contributed by atoms with Crippen LogP contribution in [0.15, 0.2) is 0 Å². The molecule has 0 radical (unpaired) electrons. The lowest BCUT2D eigenvalue weighted by molar-refractivity contribution is 0.106. The zero-order chi connectivity index (χ0) is 9.10. The van der Waals surface area contributed by atoms with E-state index in [9.17, 15) is 0 Å². The quantitative estimate of drug-likeness (QED) is 0.649. The van der Waals surface area contributed by atoms with Gasteiger partial charge in [0.05, 0.1) is 0 Å². The third kappa shape index (κ3) is 2.22. The molecule has 3 nitrogen and oxygen atoms in total. The topological polar surface area (TPSA) is 18.5 Å². The Morgan fingerprint density at radius 1 is 1.23 bits per heavy atom. The smallest absolute Gasteiger partial charge is 0.0233 e. The van der Waals surface area contributed by atoms with Crippen LogP contribution >= 0.6 is 0 Å². The molecule has 1 unspecified atom stereocenters. The molecular formula is C10H21N3. The number of hydrogen-bond donors (Lipinski definition) is 1. The summed E-state index contributed by atoms with van der Waals surface area (Å²) in [7, 11) is 0. The van der Waals surface area contributed by atoms with Gasteiger partial charge in [-0.25, -0.2) is 0 Å². The summed E-state index contributed by atoms with van der Waals surface area (Å²) in [5.74, 6) is 0. The molecule has 1 atom stereocenters. The summed E-state index contributed by atoms with van der Waals surface area (Å²) >= 11 is 0. The molecule has 0 saturated carbocycles. The van der Waals surface area contributed by atoms with E-state index in [0.29, 0.717) is 0 Å². The monoisotopic (exact) mass is 183 g/mol. The van der Waals surface area contributed by atoms with E-state index in [1.807, 2.05) is 0 Å². The van der Waals surface area contributed by atoms with Gasteiger partial charge in [-0.1, -0.05) is 6.92 Å². The normalized spacial score (nSPS) is 32.5. The Morgan fingerprint density at radius 3 is 2.54 bits per heavy atom. The highest BCUT2D eigenvalue weighted by Gasteiger charge is 2.25. The highest BCUT2D eigenvalue weighted by atomic mass is 15.3. The van der Waals surface area contributed by atoms with Crippen molar-refractivity contribution in [3.05, 3.63) is 0 Å². The van der Waals surface area contributed by atoms with E-state index < -0.39 is 0 Å². The van der Waals surface area contributed by atoms with Crippen LogP contribution in [-0.2, 0) is 0 Å². The van der Waals surface area contributed by atoms with Crippen LogP contribution in [0.5, 0.6) is 0 Å². The molecule has 0 aliphatic carbocycles. The van der Waals surface area contributed by atoms with E-state index in [0.717, 1.165) is 6.04 Å². The van der Waals surface area contributed by atoms with Crippen molar-refractivity contribution in [1.82, 2.24) is 15.1 Å². The Morgan fingerprint density at radius 2 is 2.00 bits per heavy atom. The van der Waals surface area contributed by atoms with Gasteiger partial charge in [0.15, 0.2) is 0 Å². The summed E-state index contributed by atoms with van der Waals surface area (Å²) in [4.78, 5) is 5.20.